The number of aryl methyl sites for hydroxylation is 1. The standard InChI is InChI=1S/C15H23N5O2S/c1-10(21-3)14-16-13(22-19-14)9-23-15-18-17-11(2)20(15)12-7-5-4-6-8-12/h10,12H,4-9H2,1-3H3/t10-/m1/s1. The second kappa shape index (κ2) is 7.44. The third kappa shape index (κ3) is 3.74. The average molecular weight is 337 g/mol. The summed E-state index contributed by atoms with van der Waals surface area (Å²) in [5.74, 6) is 2.74. The van der Waals surface area contributed by atoms with Crippen LogP contribution in [-0.2, 0) is 10.5 Å². The van der Waals surface area contributed by atoms with Gasteiger partial charge in [-0.05, 0) is 26.7 Å². The van der Waals surface area contributed by atoms with Crippen LogP contribution < -0.4 is 0 Å². The van der Waals surface area contributed by atoms with Crippen molar-refractivity contribution in [2.75, 3.05) is 7.11 Å². The molecule has 7 nitrogen and oxygen atoms in total. The summed E-state index contributed by atoms with van der Waals surface area (Å²) in [5, 5.41) is 13.5. The fourth-order valence-electron chi connectivity index (χ4n) is 2.93. The Morgan fingerprint density at radius 3 is 2.83 bits per heavy atom. The molecule has 2 aromatic rings. The minimum atomic E-state index is -0.161. The molecule has 1 aliphatic carbocycles. The quantitative estimate of drug-likeness (QED) is 0.747. The van der Waals surface area contributed by atoms with Gasteiger partial charge in [-0.3, -0.25) is 0 Å². The number of rotatable bonds is 6. The van der Waals surface area contributed by atoms with Gasteiger partial charge in [0.05, 0.1) is 5.75 Å². The van der Waals surface area contributed by atoms with E-state index in [1.165, 1.54) is 32.1 Å². The highest BCUT2D eigenvalue weighted by molar-refractivity contribution is 7.98. The van der Waals surface area contributed by atoms with Crippen LogP contribution >= 0.6 is 11.8 Å². The third-order valence-electron chi connectivity index (χ3n) is 4.30. The van der Waals surface area contributed by atoms with E-state index in [-0.39, 0.29) is 6.10 Å². The maximum Gasteiger partial charge on any atom is 0.237 e. The first kappa shape index (κ1) is 16.4. The van der Waals surface area contributed by atoms with Crippen LogP contribution in [0.1, 0.15) is 68.7 Å². The molecule has 1 aliphatic rings. The van der Waals surface area contributed by atoms with Crippen molar-refractivity contribution in [1.29, 1.82) is 0 Å². The van der Waals surface area contributed by atoms with Crippen molar-refractivity contribution in [3.05, 3.63) is 17.5 Å². The van der Waals surface area contributed by atoms with Crippen LogP contribution in [-0.4, -0.2) is 32.0 Å². The number of hydrogen-bond acceptors (Lipinski definition) is 7. The normalized spacial score (nSPS) is 17.5. The highest BCUT2D eigenvalue weighted by atomic mass is 32.2. The van der Waals surface area contributed by atoms with Crippen LogP contribution in [0.4, 0.5) is 0 Å². The van der Waals surface area contributed by atoms with Crippen molar-refractivity contribution in [1.82, 2.24) is 24.9 Å². The number of aromatic nitrogens is 5. The summed E-state index contributed by atoms with van der Waals surface area (Å²) >= 11 is 1.60. The Kier molecular flexibility index (Phi) is 5.32. The average Bonchev–Trinajstić information content (AvgIpc) is 3.19. The van der Waals surface area contributed by atoms with E-state index in [4.69, 9.17) is 9.26 Å². The third-order valence-corrected chi connectivity index (χ3v) is 5.23. The van der Waals surface area contributed by atoms with Gasteiger partial charge in [0.25, 0.3) is 0 Å². The number of thioether (sulfide) groups is 1. The molecule has 1 atom stereocenters. The van der Waals surface area contributed by atoms with E-state index in [0.29, 0.717) is 23.5 Å². The number of hydrogen-bond donors (Lipinski definition) is 0. The van der Waals surface area contributed by atoms with E-state index in [9.17, 15) is 0 Å². The van der Waals surface area contributed by atoms with E-state index in [2.05, 4.69) is 24.9 Å². The molecule has 1 fully saturated rings. The van der Waals surface area contributed by atoms with Gasteiger partial charge in [0.1, 0.15) is 11.9 Å². The van der Waals surface area contributed by atoms with Gasteiger partial charge < -0.3 is 13.8 Å². The van der Waals surface area contributed by atoms with E-state index in [0.717, 1.165) is 11.0 Å². The van der Waals surface area contributed by atoms with Gasteiger partial charge in [-0.15, -0.1) is 10.2 Å². The van der Waals surface area contributed by atoms with Gasteiger partial charge in [-0.1, -0.05) is 36.2 Å². The predicted octanol–water partition coefficient (Wildman–Crippen LogP) is 3.47. The van der Waals surface area contributed by atoms with Gasteiger partial charge in [0, 0.05) is 13.2 Å². The topological polar surface area (TPSA) is 78.9 Å². The Labute approximate surface area is 140 Å². The SMILES string of the molecule is CO[C@H](C)c1noc(CSc2nnc(C)n2C2CCCCC2)n1. The Morgan fingerprint density at radius 2 is 2.09 bits per heavy atom. The van der Waals surface area contributed by atoms with E-state index in [1.807, 2.05) is 13.8 Å². The predicted molar refractivity (Wildman–Crippen MR) is 86.2 cm³/mol. The molecule has 2 aromatic heterocycles. The fraction of sp³-hybridized carbons (Fsp3) is 0.733. The summed E-state index contributed by atoms with van der Waals surface area (Å²) < 4.78 is 12.8. The molecule has 0 spiro atoms. The van der Waals surface area contributed by atoms with E-state index in [1.54, 1.807) is 18.9 Å². The summed E-state index contributed by atoms with van der Waals surface area (Å²) in [6.45, 7) is 3.92. The molecular weight excluding hydrogens is 314 g/mol. The van der Waals surface area contributed by atoms with Crippen LogP contribution in [0.25, 0.3) is 0 Å². The first-order valence-corrected chi connectivity index (χ1v) is 9.07. The molecule has 0 amide bonds. The van der Waals surface area contributed by atoms with E-state index >= 15 is 0 Å². The van der Waals surface area contributed by atoms with E-state index < -0.39 is 0 Å². The monoisotopic (exact) mass is 337 g/mol. The van der Waals surface area contributed by atoms with Gasteiger partial charge in [0.15, 0.2) is 11.0 Å². The molecule has 0 radical (unpaired) electrons. The van der Waals surface area contributed by atoms with Crippen molar-refractivity contribution in [3.63, 3.8) is 0 Å². The number of ether oxygens (including phenoxy) is 1. The lowest BCUT2D eigenvalue weighted by Gasteiger charge is -2.24. The zero-order valence-corrected chi connectivity index (χ0v) is 14.7. The molecule has 1 saturated carbocycles. The second-order valence-corrected chi connectivity index (χ2v) is 6.85. The highest BCUT2D eigenvalue weighted by Gasteiger charge is 2.22. The van der Waals surface area contributed by atoms with Crippen LogP contribution in [0.5, 0.6) is 0 Å². The summed E-state index contributed by atoms with van der Waals surface area (Å²) in [6.07, 6.45) is 6.17. The Balaban J connectivity index is 1.67. The van der Waals surface area contributed by atoms with Crippen LogP contribution in [0.2, 0.25) is 0 Å². The van der Waals surface area contributed by atoms with Gasteiger partial charge >= 0.3 is 0 Å². The molecule has 0 aromatic carbocycles. The van der Waals surface area contributed by atoms with Crippen molar-refractivity contribution >= 4 is 11.8 Å². The summed E-state index contributed by atoms with van der Waals surface area (Å²) in [5.41, 5.74) is 0. The maximum absolute atomic E-state index is 5.28. The summed E-state index contributed by atoms with van der Waals surface area (Å²) in [7, 11) is 1.63. The lowest BCUT2D eigenvalue weighted by molar-refractivity contribution is 0.109. The van der Waals surface area contributed by atoms with Crippen LogP contribution in [0.15, 0.2) is 9.68 Å². The Morgan fingerprint density at radius 1 is 1.30 bits per heavy atom. The highest BCUT2D eigenvalue weighted by Crippen LogP contribution is 2.33. The molecule has 8 heteroatoms. The molecule has 23 heavy (non-hydrogen) atoms. The molecular formula is C15H23N5O2S. The first-order chi connectivity index (χ1) is 11.2. The zero-order valence-electron chi connectivity index (χ0n) is 13.9. The van der Waals surface area contributed by atoms with Gasteiger partial charge in [-0.25, -0.2) is 0 Å². The molecule has 126 valence electrons. The second-order valence-electron chi connectivity index (χ2n) is 5.90. The first-order valence-electron chi connectivity index (χ1n) is 8.08. The lowest BCUT2D eigenvalue weighted by atomic mass is 9.95. The zero-order chi connectivity index (χ0) is 16.2. The van der Waals surface area contributed by atoms with Crippen molar-refractivity contribution in [2.45, 2.75) is 69.0 Å². The van der Waals surface area contributed by atoms with Crippen LogP contribution in [0, 0.1) is 6.92 Å². The molecule has 0 bridgehead atoms. The van der Waals surface area contributed by atoms with Crippen molar-refractivity contribution in [3.8, 4) is 0 Å². The maximum atomic E-state index is 5.28. The smallest absolute Gasteiger partial charge is 0.237 e. The van der Waals surface area contributed by atoms with Crippen molar-refractivity contribution in [2.24, 2.45) is 0 Å². The molecule has 2 heterocycles. The molecule has 3 rings (SSSR count). The Hall–Kier alpha value is -1.41. The van der Waals surface area contributed by atoms with Crippen molar-refractivity contribution < 1.29 is 9.26 Å². The number of methoxy groups -OCH3 is 1. The lowest BCUT2D eigenvalue weighted by Crippen LogP contribution is -2.15. The minimum Gasteiger partial charge on any atom is -0.374 e. The van der Waals surface area contributed by atoms with Gasteiger partial charge in [0.2, 0.25) is 5.89 Å². The molecule has 0 unspecified atom stereocenters. The fourth-order valence-corrected chi connectivity index (χ4v) is 3.82. The Bertz CT molecular complexity index is 636. The molecule has 0 aliphatic heterocycles. The largest absolute Gasteiger partial charge is 0.374 e. The number of nitrogens with zero attached hydrogens (tertiary/aromatic N) is 5. The molecule has 0 N–H and O–H groups in total. The van der Waals surface area contributed by atoms with Crippen LogP contribution in [0.3, 0.4) is 0 Å². The summed E-state index contributed by atoms with van der Waals surface area (Å²) in [6, 6.07) is 0.521. The summed E-state index contributed by atoms with van der Waals surface area (Å²) in [4.78, 5) is 4.36. The van der Waals surface area contributed by atoms with Gasteiger partial charge in [-0.2, -0.15) is 4.98 Å². The minimum absolute atomic E-state index is 0.161. The molecule has 0 saturated heterocycles.